The summed E-state index contributed by atoms with van der Waals surface area (Å²) in [6, 6.07) is 1.84. The van der Waals surface area contributed by atoms with Gasteiger partial charge in [0, 0.05) is 18.8 Å². The van der Waals surface area contributed by atoms with Crippen LogP contribution in [0.3, 0.4) is 0 Å². The Hall–Kier alpha value is -1.07. The number of nitrogen functional groups attached to an aromatic ring is 1. The van der Waals surface area contributed by atoms with Crippen molar-refractivity contribution in [2.45, 2.75) is 39.0 Å². The molecule has 1 aromatic rings. The van der Waals surface area contributed by atoms with Crippen molar-refractivity contribution in [2.24, 2.45) is 5.92 Å². The lowest BCUT2D eigenvalue weighted by atomic mass is 10.1. The summed E-state index contributed by atoms with van der Waals surface area (Å²) in [5.74, 6) is 0.428. The van der Waals surface area contributed by atoms with Crippen LogP contribution in [-0.4, -0.2) is 25.8 Å². The third-order valence-corrected chi connectivity index (χ3v) is 6.20. The van der Waals surface area contributed by atoms with Gasteiger partial charge in [-0.05, 0) is 55.9 Å². The minimum absolute atomic E-state index is 0.402. The summed E-state index contributed by atoms with van der Waals surface area (Å²) in [7, 11) is -3.42. The molecule has 0 radical (unpaired) electrons. The molecule has 1 heterocycles. The van der Waals surface area contributed by atoms with E-state index in [0.717, 1.165) is 17.5 Å². The van der Waals surface area contributed by atoms with Crippen molar-refractivity contribution in [3.8, 4) is 0 Å². The van der Waals surface area contributed by atoms with E-state index < -0.39 is 10.0 Å². The first-order valence-electron chi connectivity index (χ1n) is 6.61. The van der Waals surface area contributed by atoms with Crippen molar-refractivity contribution in [1.82, 2.24) is 4.31 Å². The van der Waals surface area contributed by atoms with E-state index in [9.17, 15) is 8.42 Å². The Morgan fingerprint density at radius 1 is 1.26 bits per heavy atom. The van der Waals surface area contributed by atoms with Gasteiger partial charge in [0.15, 0.2) is 0 Å². The summed E-state index contributed by atoms with van der Waals surface area (Å²) in [6.45, 7) is 8.84. The molecule has 1 unspecified atom stereocenters. The first-order chi connectivity index (χ1) is 8.75. The Balaban J connectivity index is 2.58. The minimum atomic E-state index is -3.42. The van der Waals surface area contributed by atoms with Gasteiger partial charge in [0.05, 0.1) is 4.90 Å². The van der Waals surface area contributed by atoms with Gasteiger partial charge in [0.2, 0.25) is 10.0 Å². The SMILES string of the molecule is Cc1cc(N)c(C)c(S(=O)(=O)N2CCC(C)C2)c1C. The molecule has 0 amide bonds. The molecule has 0 spiro atoms. The maximum Gasteiger partial charge on any atom is 0.243 e. The number of nitrogens with zero attached hydrogens (tertiary/aromatic N) is 1. The molecule has 1 fully saturated rings. The van der Waals surface area contributed by atoms with Crippen molar-refractivity contribution in [3.05, 3.63) is 22.8 Å². The van der Waals surface area contributed by atoms with Crippen LogP contribution in [0.25, 0.3) is 0 Å². The quantitative estimate of drug-likeness (QED) is 0.846. The van der Waals surface area contributed by atoms with E-state index in [1.54, 1.807) is 11.2 Å². The van der Waals surface area contributed by atoms with Crippen LogP contribution in [0.2, 0.25) is 0 Å². The normalized spacial score (nSPS) is 20.9. The number of sulfonamides is 1. The number of nitrogens with two attached hydrogens (primary N) is 1. The van der Waals surface area contributed by atoms with E-state index in [4.69, 9.17) is 5.73 Å². The highest BCUT2D eigenvalue weighted by Crippen LogP contribution is 2.32. The van der Waals surface area contributed by atoms with Gasteiger partial charge >= 0.3 is 0 Å². The number of hydrogen-bond acceptors (Lipinski definition) is 3. The van der Waals surface area contributed by atoms with Crippen LogP contribution in [-0.2, 0) is 10.0 Å². The summed E-state index contributed by atoms with van der Waals surface area (Å²) < 4.78 is 27.2. The second kappa shape index (κ2) is 4.80. The number of benzene rings is 1. The number of hydrogen-bond donors (Lipinski definition) is 1. The van der Waals surface area contributed by atoms with Gasteiger partial charge in [0.1, 0.15) is 0 Å². The Morgan fingerprint density at radius 2 is 1.89 bits per heavy atom. The first-order valence-corrected chi connectivity index (χ1v) is 8.05. The summed E-state index contributed by atoms with van der Waals surface area (Å²) >= 11 is 0. The second-order valence-electron chi connectivity index (χ2n) is 5.62. The maximum absolute atomic E-state index is 12.8. The monoisotopic (exact) mass is 282 g/mol. The fourth-order valence-corrected chi connectivity index (χ4v) is 4.78. The minimum Gasteiger partial charge on any atom is -0.398 e. The standard InChI is InChI=1S/C14H22N2O2S/c1-9-5-6-16(8-9)19(17,18)14-11(3)10(2)7-13(15)12(14)4/h7,9H,5-6,8,15H2,1-4H3. The van der Waals surface area contributed by atoms with E-state index >= 15 is 0 Å². The van der Waals surface area contributed by atoms with Gasteiger partial charge in [-0.1, -0.05) is 6.92 Å². The number of rotatable bonds is 2. The summed E-state index contributed by atoms with van der Waals surface area (Å²) in [4.78, 5) is 0.402. The number of aryl methyl sites for hydroxylation is 1. The Morgan fingerprint density at radius 3 is 2.42 bits per heavy atom. The van der Waals surface area contributed by atoms with Crippen molar-refractivity contribution >= 4 is 15.7 Å². The molecule has 5 heteroatoms. The second-order valence-corrected chi connectivity index (χ2v) is 7.49. The molecule has 4 nitrogen and oxygen atoms in total. The lowest BCUT2D eigenvalue weighted by molar-refractivity contribution is 0.463. The third kappa shape index (κ3) is 2.37. The zero-order valence-corrected chi connectivity index (χ0v) is 12.8. The predicted octanol–water partition coefficient (Wildman–Crippen LogP) is 2.22. The van der Waals surface area contributed by atoms with Gasteiger partial charge in [0.25, 0.3) is 0 Å². The first kappa shape index (κ1) is 14.3. The van der Waals surface area contributed by atoms with Crippen LogP contribution in [0.5, 0.6) is 0 Å². The zero-order valence-electron chi connectivity index (χ0n) is 12.0. The Labute approximate surface area is 115 Å². The Kier molecular flexibility index (Phi) is 3.62. The van der Waals surface area contributed by atoms with E-state index in [0.29, 0.717) is 35.2 Å². The summed E-state index contributed by atoms with van der Waals surface area (Å²) in [5, 5.41) is 0. The van der Waals surface area contributed by atoms with Crippen molar-refractivity contribution in [2.75, 3.05) is 18.8 Å². The molecule has 1 saturated heterocycles. The molecule has 0 saturated carbocycles. The largest absolute Gasteiger partial charge is 0.398 e. The average Bonchev–Trinajstić information content (AvgIpc) is 2.74. The molecule has 0 bridgehead atoms. The molecule has 2 N–H and O–H groups in total. The highest BCUT2D eigenvalue weighted by molar-refractivity contribution is 7.89. The van der Waals surface area contributed by atoms with Gasteiger partial charge in [-0.25, -0.2) is 8.42 Å². The molecule has 106 valence electrons. The van der Waals surface area contributed by atoms with Crippen LogP contribution in [0.1, 0.15) is 30.0 Å². The van der Waals surface area contributed by atoms with E-state index in [2.05, 4.69) is 6.92 Å². The smallest absolute Gasteiger partial charge is 0.243 e. The van der Waals surface area contributed by atoms with Crippen LogP contribution in [0, 0.1) is 26.7 Å². The van der Waals surface area contributed by atoms with Crippen LogP contribution < -0.4 is 5.73 Å². The molecule has 0 aromatic heterocycles. The van der Waals surface area contributed by atoms with Crippen LogP contribution >= 0.6 is 0 Å². The van der Waals surface area contributed by atoms with Crippen LogP contribution in [0.15, 0.2) is 11.0 Å². The van der Waals surface area contributed by atoms with Crippen molar-refractivity contribution in [1.29, 1.82) is 0 Å². The molecule has 1 aromatic carbocycles. The lowest BCUT2D eigenvalue weighted by Gasteiger charge is -2.21. The van der Waals surface area contributed by atoms with Crippen molar-refractivity contribution in [3.63, 3.8) is 0 Å². The predicted molar refractivity (Wildman–Crippen MR) is 77.6 cm³/mol. The molecular formula is C14H22N2O2S. The van der Waals surface area contributed by atoms with E-state index in [1.165, 1.54) is 0 Å². The molecule has 19 heavy (non-hydrogen) atoms. The third-order valence-electron chi connectivity index (χ3n) is 4.06. The molecule has 1 atom stereocenters. The van der Waals surface area contributed by atoms with Gasteiger partial charge in [-0.15, -0.1) is 0 Å². The topological polar surface area (TPSA) is 63.4 Å². The highest BCUT2D eigenvalue weighted by Gasteiger charge is 2.33. The van der Waals surface area contributed by atoms with Crippen molar-refractivity contribution < 1.29 is 8.42 Å². The molecule has 1 aliphatic heterocycles. The maximum atomic E-state index is 12.8. The summed E-state index contributed by atoms with van der Waals surface area (Å²) in [5.41, 5.74) is 8.89. The van der Waals surface area contributed by atoms with Gasteiger partial charge in [-0.3, -0.25) is 0 Å². The van der Waals surface area contributed by atoms with E-state index in [1.807, 2.05) is 19.9 Å². The molecule has 2 rings (SSSR count). The average molecular weight is 282 g/mol. The highest BCUT2D eigenvalue weighted by atomic mass is 32.2. The molecule has 0 aliphatic carbocycles. The fraction of sp³-hybridized carbons (Fsp3) is 0.571. The summed E-state index contributed by atoms with van der Waals surface area (Å²) in [6.07, 6.45) is 0.929. The van der Waals surface area contributed by atoms with Crippen LogP contribution in [0.4, 0.5) is 5.69 Å². The Bertz CT molecular complexity index is 582. The number of anilines is 1. The van der Waals surface area contributed by atoms with Gasteiger partial charge in [-0.2, -0.15) is 4.31 Å². The lowest BCUT2D eigenvalue weighted by Crippen LogP contribution is -2.30. The molecule has 1 aliphatic rings. The zero-order chi connectivity index (χ0) is 14.4. The molecular weight excluding hydrogens is 260 g/mol. The van der Waals surface area contributed by atoms with E-state index in [-0.39, 0.29) is 0 Å². The van der Waals surface area contributed by atoms with Gasteiger partial charge < -0.3 is 5.73 Å². The fourth-order valence-electron chi connectivity index (χ4n) is 2.67.